The standard InChI is InChI=1S/C17H28N4O5S/c1-8-25-12(22)10-11(13(23)26-9-2)27-15-18-14(17(3,4)5)19-21(15)16(24)20(6)7/h11H,8-10H2,1-7H3. The summed E-state index contributed by atoms with van der Waals surface area (Å²) < 4.78 is 11.1. The van der Waals surface area contributed by atoms with Crippen molar-refractivity contribution in [3.8, 4) is 0 Å². The van der Waals surface area contributed by atoms with Crippen LogP contribution in [-0.2, 0) is 24.5 Å². The van der Waals surface area contributed by atoms with Crippen LogP contribution in [0.4, 0.5) is 4.79 Å². The van der Waals surface area contributed by atoms with Gasteiger partial charge in [0.1, 0.15) is 5.25 Å². The van der Waals surface area contributed by atoms with E-state index in [0.29, 0.717) is 5.82 Å². The van der Waals surface area contributed by atoms with Gasteiger partial charge in [-0.3, -0.25) is 9.59 Å². The molecular weight excluding hydrogens is 372 g/mol. The predicted molar refractivity (Wildman–Crippen MR) is 101 cm³/mol. The van der Waals surface area contributed by atoms with Crippen LogP contribution in [0.25, 0.3) is 0 Å². The zero-order chi connectivity index (χ0) is 20.8. The molecule has 0 saturated heterocycles. The van der Waals surface area contributed by atoms with Gasteiger partial charge in [-0.25, -0.2) is 9.78 Å². The number of aromatic nitrogens is 3. The summed E-state index contributed by atoms with van der Waals surface area (Å²) in [5.41, 5.74) is -0.395. The minimum absolute atomic E-state index is 0.176. The molecule has 0 radical (unpaired) electrons. The van der Waals surface area contributed by atoms with Crippen LogP contribution in [0.3, 0.4) is 0 Å². The van der Waals surface area contributed by atoms with Crippen LogP contribution in [0.5, 0.6) is 0 Å². The Bertz CT molecular complexity index is 681. The molecule has 0 N–H and O–H groups in total. The van der Waals surface area contributed by atoms with Gasteiger partial charge in [-0.15, -0.1) is 5.10 Å². The average Bonchev–Trinajstić information content (AvgIpc) is 2.98. The molecule has 0 aliphatic heterocycles. The second-order valence-electron chi connectivity index (χ2n) is 6.92. The molecule has 1 unspecified atom stereocenters. The Hall–Kier alpha value is -2.10. The normalized spacial score (nSPS) is 12.4. The van der Waals surface area contributed by atoms with Crippen molar-refractivity contribution in [2.75, 3.05) is 27.3 Å². The third kappa shape index (κ3) is 6.53. The Balaban J connectivity index is 3.24. The van der Waals surface area contributed by atoms with Crippen molar-refractivity contribution in [3.05, 3.63) is 5.82 Å². The van der Waals surface area contributed by atoms with E-state index < -0.39 is 28.6 Å². The second kappa shape index (κ2) is 9.72. The van der Waals surface area contributed by atoms with Gasteiger partial charge in [-0.05, 0) is 13.8 Å². The zero-order valence-electron chi connectivity index (χ0n) is 16.9. The number of rotatable bonds is 7. The lowest BCUT2D eigenvalue weighted by atomic mass is 9.96. The van der Waals surface area contributed by atoms with E-state index in [1.807, 2.05) is 20.8 Å². The van der Waals surface area contributed by atoms with Gasteiger partial charge in [0.05, 0.1) is 19.6 Å². The summed E-state index contributed by atoms with van der Waals surface area (Å²) in [7, 11) is 3.19. The van der Waals surface area contributed by atoms with E-state index in [-0.39, 0.29) is 24.8 Å². The van der Waals surface area contributed by atoms with Crippen LogP contribution in [0.15, 0.2) is 5.16 Å². The van der Waals surface area contributed by atoms with Gasteiger partial charge in [-0.1, -0.05) is 32.5 Å². The Morgan fingerprint density at radius 1 is 1.15 bits per heavy atom. The number of hydrogen-bond donors (Lipinski definition) is 0. The predicted octanol–water partition coefficient (Wildman–Crippen LogP) is 2.08. The molecule has 1 heterocycles. The van der Waals surface area contributed by atoms with Crippen LogP contribution < -0.4 is 0 Å². The number of amides is 1. The highest BCUT2D eigenvalue weighted by molar-refractivity contribution is 8.00. The summed E-state index contributed by atoms with van der Waals surface area (Å²) in [4.78, 5) is 42.4. The quantitative estimate of drug-likeness (QED) is 0.506. The van der Waals surface area contributed by atoms with E-state index in [4.69, 9.17) is 9.47 Å². The first-order chi connectivity index (χ1) is 12.5. The van der Waals surface area contributed by atoms with E-state index in [0.717, 1.165) is 16.4 Å². The van der Waals surface area contributed by atoms with Gasteiger partial charge >= 0.3 is 18.0 Å². The highest BCUT2D eigenvalue weighted by Gasteiger charge is 2.31. The summed E-state index contributed by atoms with van der Waals surface area (Å²) >= 11 is 0.967. The number of hydrogen-bond acceptors (Lipinski definition) is 8. The van der Waals surface area contributed by atoms with Gasteiger partial charge in [0.2, 0.25) is 0 Å². The molecule has 1 aromatic heterocycles. The minimum atomic E-state index is -0.894. The molecule has 0 aliphatic rings. The fraction of sp³-hybridized carbons (Fsp3) is 0.706. The SMILES string of the molecule is CCOC(=O)CC(Sc1nc(C(C)(C)C)nn1C(=O)N(C)C)C(=O)OCC. The largest absolute Gasteiger partial charge is 0.466 e. The number of nitrogens with zero attached hydrogens (tertiary/aromatic N) is 4. The Kier molecular flexibility index (Phi) is 8.26. The fourth-order valence-corrected chi connectivity index (χ4v) is 2.91. The molecule has 0 spiro atoms. The number of ether oxygens (including phenoxy) is 2. The maximum Gasteiger partial charge on any atom is 0.346 e. The van der Waals surface area contributed by atoms with Crippen LogP contribution >= 0.6 is 11.8 Å². The van der Waals surface area contributed by atoms with Crippen molar-refractivity contribution in [3.63, 3.8) is 0 Å². The molecule has 0 bridgehead atoms. The van der Waals surface area contributed by atoms with Gasteiger partial charge in [0.15, 0.2) is 11.0 Å². The van der Waals surface area contributed by atoms with Gasteiger partial charge in [0.25, 0.3) is 0 Å². The topological polar surface area (TPSA) is 104 Å². The summed E-state index contributed by atoms with van der Waals surface area (Å²) in [5.74, 6) is -0.636. The van der Waals surface area contributed by atoms with E-state index in [9.17, 15) is 14.4 Å². The third-order valence-corrected chi connectivity index (χ3v) is 4.39. The molecule has 152 valence electrons. The van der Waals surface area contributed by atoms with E-state index in [2.05, 4.69) is 10.1 Å². The van der Waals surface area contributed by atoms with Crippen molar-refractivity contribution in [1.29, 1.82) is 0 Å². The highest BCUT2D eigenvalue weighted by atomic mass is 32.2. The lowest BCUT2D eigenvalue weighted by Crippen LogP contribution is -2.30. The van der Waals surface area contributed by atoms with E-state index in [1.54, 1.807) is 27.9 Å². The molecule has 10 heteroatoms. The molecule has 1 aromatic rings. The smallest absolute Gasteiger partial charge is 0.346 e. The molecular formula is C17H28N4O5S. The first-order valence-electron chi connectivity index (χ1n) is 8.69. The number of carbonyl (C=O) groups excluding carboxylic acids is 3. The number of esters is 2. The average molecular weight is 401 g/mol. The summed E-state index contributed by atoms with van der Waals surface area (Å²) in [6.07, 6.45) is -0.189. The van der Waals surface area contributed by atoms with Crippen molar-refractivity contribution in [2.45, 2.75) is 56.9 Å². The number of thioether (sulfide) groups is 1. The first-order valence-corrected chi connectivity index (χ1v) is 9.57. The zero-order valence-corrected chi connectivity index (χ0v) is 17.8. The molecule has 0 aliphatic carbocycles. The minimum Gasteiger partial charge on any atom is -0.466 e. The summed E-state index contributed by atoms with van der Waals surface area (Å²) in [5, 5.41) is 3.63. The Labute approximate surface area is 163 Å². The third-order valence-electron chi connectivity index (χ3n) is 3.27. The van der Waals surface area contributed by atoms with Crippen molar-refractivity contribution < 1.29 is 23.9 Å². The molecule has 0 aromatic carbocycles. The molecule has 1 atom stereocenters. The highest BCUT2D eigenvalue weighted by Crippen LogP contribution is 2.28. The fourth-order valence-electron chi connectivity index (χ4n) is 1.91. The molecule has 27 heavy (non-hydrogen) atoms. The molecule has 1 amide bonds. The lowest BCUT2D eigenvalue weighted by molar-refractivity contribution is -0.149. The Morgan fingerprint density at radius 3 is 2.22 bits per heavy atom. The van der Waals surface area contributed by atoms with E-state index >= 15 is 0 Å². The monoisotopic (exact) mass is 400 g/mol. The van der Waals surface area contributed by atoms with Gasteiger partial charge in [0, 0.05) is 19.5 Å². The first kappa shape index (κ1) is 22.9. The van der Waals surface area contributed by atoms with Crippen LogP contribution in [0, 0.1) is 0 Å². The lowest BCUT2D eigenvalue weighted by Gasteiger charge is -2.15. The van der Waals surface area contributed by atoms with Crippen molar-refractivity contribution in [2.24, 2.45) is 0 Å². The maximum absolute atomic E-state index is 12.5. The van der Waals surface area contributed by atoms with E-state index in [1.165, 1.54) is 4.90 Å². The van der Waals surface area contributed by atoms with Crippen LogP contribution in [-0.4, -0.2) is 70.2 Å². The summed E-state index contributed by atoms with van der Waals surface area (Å²) in [6.45, 7) is 9.51. The van der Waals surface area contributed by atoms with Crippen molar-refractivity contribution in [1.82, 2.24) is 19.7 Å². The summed E-state index contributed by atoms with van der Waals surface area (Å²) in [6, 6.07) is -0.403. The molecule has 0 fully saturated rings. The van der Waals surface area contributed by atoms with Crippen molar-refractivity contribution >= 4 is 29.7 Å². The van der Waals surface area contributed by atoms with Crippen LogP contribution in [0.1, 0.15) is 46.9 Å². The molecule has 1 rings (SSSR count). The van der Waals surface area contributed by atoms with Gasteiger partial charge < -0.3 is 14.4 Å². The second-order valence-corrected chi connectivity index (χ2v) is 8.09. The molecule has 9 nitrogen and oxygen atoms in total. The van der Waals surface area contributed by atoms with Gasteiger partial charge in [-0.2, -0.15) is 4.68 Å². The number of carbonyl (C=O) groups is 3. The van der Waals surface area contributed by atoms with Crippen LogP contribution in [0.2, 0.25) is 0 Å². The Morgan fingerprint density at radius 2 is 1.74 bits per heavy atom. The molecule has 0 saturated carbocycles. The maximum atomic E-state index is 12.5.